The fourth-order valence-corrected chi connectivity index (χ4v) is 4.92. The number of hydrogen-bond acceptors (Lipinski definition) is 7. The zero-order valence-corrected chi connectivity index (χ0v) is 19.1. The second-order valence-electron chi connectivity index (χ2n) is 7.73. The Labute approximate surface area is 189 Å². The van der Waals surface area contributed by atoms with Crippen molar-refractivity contribution < 1.29 is 24.1 Å². The standard InChI is InChI=1S/C22H26BrN3O5/c1-29-16-8-12(9-17(30-2)20(16)31-3)15-10-14(22(27)28)18-19(25-26-21(18)24-15)11-4-6-13(23)7-5-11/h4-9,14-15,18-19,21,24-26H,10H2,1-3H3,(H,27,28). The number of benzene rings is 2. The van der Waals surface area contributed by atoms with E-state index in [0.717, 1.165) is 15.6 Å². The molecule has 2 fully saturated rings. The molecule has 5 unspecified atom stereocenters. The predicted molar refractivity (Wildman–Crippen MR) is 118 cm³/mol. The molecule has 31 heavy (non-hydrogen) atoms. The molecular weight excluding hydrogens is 466 g/mol. The number of nitrogens with one attached hydrogen (secondary N) is 3. The van der Waals surface area contributed by atoms with E-state index in [1.807, 2.05) is 36.4 Å². The number of fused-ring (bicyclic) bond motifs is 1. The highest BCUT2D eigenvalue weighted by Crippen LogP contribution is 2.45. The molecule has 2 saturated heterocycles. The average molecular weight is 492 g/mol. The fourth-order valence-electron chi connectivity index (χ4n) is 4.65. The summed E-state index contributed by atoms with van der Waals surface area (Å²) < 4.78 is 17.3. The van der Waals surface area contributed by atoms with Gasteiger partial charge in [-0.2, -0.15) is 0 Å². The number of hydrogen-bond donors (Lipinski definition) is 4. The SMILES string of the molecule is COc1cc(C2CC(C(=O)O)C3C(NNC3c3ccc(Br)cc3)N2)cc(OC)c1OC. The van der Waals surface area contributed by atoms with Crippen LogP contribution in [0, 0.1) is 11.8 Å². The van der Waals surface area contributed by atoms with Gasteiger partial charge in [-0.05, 0) is 41.8 Å². The molecule has 0 radical (unpaired) electrons. The van der Waals surface area contributed by atoms with Gasteiger partial charge in [0.05, 0.1) is 39.5 Å². The molecule has 0 saturated carbocycles. The molecule has 2 aliphatic rings. The van der Waals surface area contributed by atoms with Crippen molar-refractivity contribution in [3.8, 4) is 17.2 Å². The minimum absolute atomic E-state index is 0.118. The number of carboxylic acids is 1. The Morgan fingerprint density at radius 3 is 2.19 bits per heavy atom. The third-order valence-electron chi connectivity index (χ3n) is 6.13. The van der Waals surface area contributed by atoms with Crippen molar-refractivity contribution in [2.45, 2.75) is 24.7 Å². The molecule has 4 N–H and O–H groups in total. The number of halogens is 1. The van der Waals surface area contributed by atoms with E-state index in [1.54, 1.807) is 21.3 Å². The first-order valence-corrected chi connectivity index (χ1v) is 10.8. The maximum absolute atomic E-state index is 12.3. The first kappa shape index (κ1) is 21.9. The van der Waals surface area contributed by atoms with E-state index in [0.29, 0.717) is 23.7 Å². The summed E-state index contributed by atoms with van der Waals surface area (Å²) in [5.41, 5.74) is 8.48. The highest BCUT2D eigenvalue weighted by atomic mass is 79.9. The van der Waals surface area contributed by atoms with E-state index >= 15 is 0 Å². The molecule has 0 spiro atoms. The predicted octanol–water partition coefficient (Wildman–Crippen LogP) is 3.00. The van der Waals surface area contributed by atoms with E-state index in [2.05, 4.69) is 32.1 Å². The second kappa shape index (κ2) is 9.04. The van der Waals surface area contributed by atoms with E-state index in [9.17, 15) is 9.90 Å². The number of piperidine rings is 1. The van der Waals surface area contributed by atoms with Crippen LogP contribution >= 0.6 is 15.9 Å². The van der Waals surface area contributed by atoms with Crippen LogP contribution in [0.5, 0.6) is 17.2 Å². The van der Waals surface area contributed by atoms with E-state index in [1.165, 1.54) is 0 Å². The Morgan fingerprint density at radius 1 is 1.00 bits per heavy atom. The molecule has 2 heterocycles. The first-order chi connectivity index (χ1) is 15.0. The van der Waals surface area contributed by atoms with Crippen LogP contribution in [0.25, 0.3) is 0 Å². The van der Waals surface area contributed by atoms with Gasteiger partial charge in [-0.3, -0.25) is 10.1 Å². The molecule has 0 amide bonds. The number of aliphatic carboxylic acids is 1. The Balaban J connectivity index is 1.65. The van der Waals surface area contributed by atoms with Crippen LogP contribution in [0.3, 0.4) is 0 Å². The number of rotatable bonds is 6. The average Bonchev–Trinajstić information content (AvgIpc) is 3.21. The minimum Gasteiger partial charge on any atom is -0.493 e. The van der Waals surface area contributed by atoms with Crippen LogP contribution in [0.4, 0.5) is 0 Å². The summed E-state index contributed by atoms with van der Waals surface area (Å²) in [5.74, 6) is 0.0778. The number of ether oxygens (including phenoxy) is 3. The maximum Gasteiger partial charge on any atom is 0.307 e. The van der Waals surface area contributed by atoms with Crippen molar-refractivity contribution in [1.29, 1.82) is 0 Å². The summed E-state index contributed by atoms with van der Waals surface area (Å²) in [5, 5.41) is 13.7. The lowest BCUT2D eigenvalue weighted by Crippen LogP contribution is -2.53. The summed E-state index contributed by atoms with van der Waals surface area (Å²) in [6, 6.07) is 11.4. The summed E-state index contributed by atoms with van der Waals surface area (Å²) in [7, 11) is 4.69. The molecule has 0 aromatic heterocycles. The molecule has 2 aliphatic heterocycles. The number of carboxylic acid groups (broad SMARTS) is 1. The van der Waals surface area contributed by atoms with Crippen LogP contribution < -0.4 is 30.4 Å². The van der Waals surface area contributed by atoms with Gasteiger partial charge in [-0.1, -0.05) is 28.1 Å². The van der Waals surface area contributed by atoms with Gasteiger partial charge in [0.25, 0.3) is 0 Å². The van der Waals surface area contributed by atoms with Gasteiger partial charge in [0.1, 0.15) is 0 Å². The molecule has 0 bridgehead atoms. The van der Waals surface area contributed by atoms with Gasteiger partial charge in [0.15, 0.2) is 11.5 Å². The Bertz CT molecular complexity index is 930. The highest BCUT2D eigenvalue weighted by Gasteiger charge is 2.49. The summed E-state index contributed by atoms with van der Waals surface area (Å²) in [6.07, 6.45) is 0.221. The van der Waals surface area contributed by atoms with Crippen molar-refractivity contribution in [2.24, 2.45) is 11.8 Å². The molecule has 5 atom stereocenters. The largest absolute Gasteiger partial charge is 0.493 e. The molecular formula is C22H26BrN3O5. The third-order valence-corrected chi connectivity index (χ3v) is 6.66. The lowest BCUT2D eigenvalue weighted by molar-refractivity contribution is -0.146. The molecule has 2 aromatic carbocycles. The zero-order valence-electron chi connectivity index (χ0n) is 17.5. The monoisotopic (exact) mass is 491 g/mol. The zero-order chi connectivity index (χ0) is 22.1. The number of methoxy groups -OCH3 is 3. The van der Waals surface area contributed by atoms with Crippen LogP contribution in [0.15, 0.2) is 40.9 Å². The number of hydrazine groups is 1. The lowest BCUT2D eigenvalue weighted by Gasteiger charge is -2.39. The van der Waals surface area contributed by atoms with Gasteiger partial charge >= 0.3 is 5.97 Å². The van der Waals surface area contributed by atoms with Crippen molar-refractivity contribution in [3.63, 3.8) is 0 Å². The highest BCUT2D eigenvalue weighted by molar-refractivity contribution is 9.10. The smallest absolute Gasteiger partial charge is 0.307 e. The van der Waals surface area contributed by atoms with Crippen LogP contribution in [-0.4, -0.2) is 38.6 Å². The van der Waals surface area contributed by atoms with Crippen molar-refractivity contribution in [1.82, 2.24) is 16.2 Å². The van der Waals surface area contributed by atoms with Crippen LogP contribution in [0.2, 0.25) is 0 Å². The minimum atomic E-state index is -0.804. The molecule has 4 rings (SSSR count). The summed E-state index contributed by atoms with van der Waals surface area (Å²) in [6.45, 7) is 0. The fraction of sp³-hybridized carbons (Fsp3) is 0.409. The lowest BCUT2D eigenvalue weighted by atomic mass is 9.75. The Kier molecular flexibility index (Phi) is 6.38. The second-order valence-corrected chi connectivity index (χ2v) is 8.65. The molecule has 8 nitrogen and oxygen atoms in total. The topological polar surface area (TPSA) is 101 Å². The van der Waals surface area contributed by atoms with Crippen molar-refractivity contribution in [3.05, 3.63) is 52.0 Å². The van der Waals surface area contributed by atoms with Crippen molar-refractivity contribution in [2.75, 3.05) is 21.3 Å². The van der Waals surface area contributed by atoms with Gasteiger partial charge in [-0.25, -0.2) is 10.9 Å². The van der Waals surface area contributed by atoms with Crippen LogP contribution in [-0.2, 0) is 4.79 Å². The van der Waals surface area contributed by atoms with Gasteiger partial charge in [-0.15, -0.1) is 0 Å². The summed E-state index contributed by atoms with van der Waals surface area (Å²) >= 11 is 3.45. The third kappa shape index (κ3) is 4.10. The quantitative estimate of drug-likeness (QED) is 0.489. The van der Waals surface area contributed by atoms with Gasteiger partial charge < -0.3 is 19.3 Å². The van der Waals surface area contributed by atoms with Gasteiger partial charge in [0, 0.05) is 16.4 Å². The normalized spacial score (nSPS) is 27.4. The Hall–Kier alpha value is -2.33. The molecule has 0 aliphatic carbocycles. The Morgan fingerprint density at radius 2 is 1.65 bits per heavy atom. The number of carbonyl (C=O) groups is 1. The molecule has 2 aromatic rings. The van der Waals surface area contributed by atoms with E-state index in [4.69, 9.17) is 14.2 Å². The summed E-state index contributed by atoms with van der Waals surface area (Å²) in [4.78, 5) is 12.3. The van der Waals surface area contributed by atoms with Crippen LogP contribution in [0.1, 0.15) is 29.6 Å². The maximum atomic E-state index is 12.3. The van der Waals surface area contributed by atoms with E-state index in [-0.39, 0.29) is 24.2 Å². The molecule has 9 heteroatoms. The van der Waals surface area contributed by atoms with E-state index < -0.39 is 11.9 Å². The first-order valence-electron chi connectivity index (χ1n) is 10.0. The molecule has 166 valence electrons. The van der Waals surface area contributed by atoms with Crippen molar-refractivity contribution >= 4 is 21.9 Å². The van der Waals surface area contributed by atoms with Gasteiger partial charge in [0.2, 0.25) is 5.75 Å².